The predicted molar refractivity (Wildman–Crippen MR) is 63.2 cm³/mol. The third-order valence-electron chi connectivity index (χ3n) is 3.23. The molecule has 1 aromatic rings. The molecule has 0 fully saturated rings. The normalized spacial score (nSPS) is 17.5. The van der Waals surface area contributed by atoms with E-state index in [1.54, 1.807) is 13.8 Å². The Morgan fingerprint density at radius 2 is 2.00 bits per heavy atom. The maximum absolute atomic E-state index is 12.0. The fourth-order valence-corrected chi connectivity index (χ4v) is 4.37. The highest BCUT2D eigenvalue weighted by molar-refractivity contribution is 7.91. The molecule has 5 heteroatoms. The zero-order chi connectivity index (χ0) is 12.8. The average molecular weight is 254 g/mol. The van der Waals surface area contributed by atoms with Crippen LogP contribution in [0.15, 0.2) is 11.0 Å². The molecule has 0 unspecified atom stereocenters. The number of hydrogen-bond acceptors (Lipinski definition) is 3. The molecule has 1 heterocycles. The van der Waals surface area contributed by atoms with E-state index >= 15 is 0 Å². The quantitative estimate of drug-likeness (QED) is 0.828. The number of carboxylic acids is 1. The lowest BCUT2D eigenvalue weighted by Crippen LogP contribution is -2.20. The van der Waals surface area contributed by atoms with Gasteiger partial charge in [0.1, 0.15) is 0 Å². The topological polar surface area (TPSA) is 71.4 Å². The average Bonchev–Trinajstić information content (AvgIpc) is 2.21. The first kappa shape index (κ1) is 12.1. The Morgan fingerprint density at radius 3 is 2.59 bits per heavy atom. The monoisotopic (exact) mass is 254 g/mol. The van der Waals surface area contributed by atoms with E-state index in [-0.39, 0.29) is 11.3 Å². The van der Waals surface area contributed by atoms with Crippen molar-refractivity contribution in [2.24, 2.45) is 0 Å². The van der Waals surface area contributed by atoms with E-state index in [0.29, 0.717) is 34.4 Å². The summed E-state index contributed by atoms with van der Waals surface area (Å²) in [5, 5.41) is 9.07. The van der Waals surface area contributed by atoms with Crippen LogP contribution in [-0.4, -0.2) is 25.2 Å². The van der Waals surface area contributed by atoms with E-state index in [4.69, 9.17) is 5.11 Å². The maximum atomic E-state index is 12.0. The number of aryl methyl sites for hydroxylation is 1. The molecule has 0 atom stereocenters. The van der Waals surface area contributed by atoms with E-state index in [9.17, 15) is 13.2 Å². The van der Waals surface area contributed by atoms with Crippen molar-refractivity contribution >= 4 is 15.8 Å². The lowest BCUT2D eigenvalue weighted by Gasteiger charge is -2.21. The van der Waals surface area contributed by atoms with Gasteiger partial charge in [-0.05, 0) is 49.4 Å². The third-order valence-corrected chi connectivity index (χ3v) is 5.25. The van der Waals surface area contributed by atoms with Crippen molar-refractivity contribution < 1.29 is 18.3 Å². The lowest BCUT2D eigenvalue weighted by atomic mass is 9.96. The van der Waals surface area contributed by atoms with Crippen molar-refractivity contribution in [1.29, 1.82) is 0 Å². The lowest BCUT2D eigenvalue weighted by molar-refractivity contribution is 0.0695. The van der Waals surface area contributed by atoms with Crippen molar-refractivity contribution in [2.75, 3.05) is 5.75 Å². The summed E-state index contributed by atoms with van der Waals surface area (Å²) < 4.78 is 24.0. The van der Waals surface area contributed by atoms with Gasteiger partial charge in [-0.1, -0.05) is 0 Å². The van der Waals surface area contributed by atoms with Gasteiger partial charge in [0.05, 0.1) is 16.2 Å². The Morgan fingerprint density at radius 1 is 1.35 bits per heavy atom. The Hall–Kier alpha value is -1.36. The predicted octanol–water partition coefficient (Wildman–Crippen LogP) is 1.72. The minimum absolute atomic E-state index is 0.159. The molecule has 0 aromatic heterocycles. The molecule has 0 spiro atoms. The summed E-state index contributed by atoms with van der Waals surface area (Å²) in [6.45, 7) is 3.34. The van der Waals surface area contributed by atoms with Gasteiger partial charge in [-0.25, -0.2) is 13.2 Å². The summed E-state index contributed by atoms with van der Waals surface area (Å²) in [6, 6.07) is 1.46. The van der Waals surface area contributed by atoms with Crippen LogP contribution in [0, 0.1) is 13.8 Å². The molecule has 1 aromatic carbocycles. The first-order valence-corrected chi connectivity index (χ1v) is 7.09. The minimum Gasteiger partial charge on any atom is -0.478 e. The van der Waals surface area contributed by atoms with Gasteiger partial charge in [-0.2, -0.15) is 0 Å². The molecular formula is C12H14O4S. The Labute approximate surface area is 100 Å². The molecule has 0 radical (unpaired) electrons. The van der Waals surface area contributed by atoms with Crippen LogP contribution in [-0.2, 0) is 16.3 Å². The van der Waals surface area contributed by atoms with Gasteiger partial charge in [0.25, 0.3) is 0 Å². The number of carboxylic acid groups (broad SMARTS) is 1. The number of sulfone groups is 1. The molecule has 0 bridgehead atoms. The van der Waals surface area contributed by atoms with Gasteiger partial charge in [-0.15, -0.1) is 0 Å². The summed E-state index contributed by atoms with van der Waals surface area (Å²) in [5.74, 6) is -0.844. The van der Waals surface area contributed by atoms with E-state index < -0.39 is 15.8 Å². The Balaban J connectivity index is 2.83. The molecule has 4 nitrogen and oxygen atoms in total. The number of aromatic carboxylic acids is 1. The van der Waals surface area contributed by atoms with Gasteiger partial charge in [-0.3, -0.25) is 0 Å². The summed E-state index contributed by atoms with van der Waals surface area (Å²) in [5.41, 5.74) is 2.02. The zero-order valence-corrected chi connectivity index (χ0v) is 10.6. The van der Waals surface area contributed by atoms with E-state index in [2.05, 4.69) is 0 Å². The van der Waals surface area contributed by atoms with E-state index in [0.717, 1.165) is 0 Å². The summed E-state index contributed by atoms with van der Waals surface area (Å²) in [6.07, 6.45) is 1.21. The molecule has 0 aliphatic carbocycles. The van der Waals surface area contributed by atoms with Crippen LogP contribution in [0.1, 0.15) is 33.5 Å². The molecule has 1 N–H and O–H groups in total. The summed E-state index contributed by atoms with van der Waals surface area (Å²) in [4.78, 5) is 11.4. The van der Waals surface area contributed by atoms with Crippen LogP contribution in [0.2, 0.25) is 0 Å². The van der Waals surface area contributed by atoms with Crippen molar-refractivity contribution in [3.63, 3.8) is 0 Å². The first-order valence-electron chi connectivity index (χ1n) is 5.43. The minimum atomic E-state index is -3.23. The smallest absolute Gasteiger partial charge is 0.335 e. The van der Waals surface area contributed by atoms with E-state index in [1.807, 2.05) is 0 Å². The van der Waals surface area contributed by atoms with Crippen LogP contribution in [0.3, 0.4) is 0 Å². The second-order valence-electron chi connectivity index (χ2n) is 4.40. The standard InChI is InChI=1S/C12H14O4S/c1-7-6-10(12(13)14)8(2)9-4-3-5-17(15,16)11(7)9/h6H,3-5H2,1-2H3,(H,13,14). The molecule has 92 valence electrons. The first-order chi connectivity index (χ1) is 7.84. The Bertz CT molecular complexity index is 599. The second-order valence-corrected chi connectivity index (χ2v) is 6.45. The summed E-state index contributed by atoms with van der Waals surface area (Å²) in [7, 11) is -3.23. The molecule has 1 aliphatic rings. The van der Waals surface area contributed by atoms with E-state index in [1.165, 1.54) is 6.07 Å². The number of carbonyl (C=O) groups is 1. The number of fused-ring (bicyclic) bond motifs is 1. The fourth-order valence-electron chi connectivity index (χ4n) is 2.46. The largest absolute Gasteiger partial charge is 0.478 e. The van der Waals surface area contributed by atoms with Crippen molar-refractivity contribution in [2.45, 2.75) is 31.6 Å². The van der Waals surface area contributed by atoms with Gasteiger partial charge < -0.3 is 5.11 Å². The molecule has 0 saturated carbocycles. The van der Waals surface area contributed by atoms with Crippen LogP contribution in [0.4, 0.5) is 0 Å². The SMILES string of the molecule is Cc1cc(C(=O)O)c(C)c2c1S(=O)(=O)CCC2. The summed E-state index contributed by atoms with van der Waals surface area (Å²) >= 11 is 0. The van der Waals surface area contributed by atoms with Crippen molar-refractivity contribution in [3.05, 3.63) is 28.3 Å². The van der Waals surface area contributed by atoms with Gasteiger partial charge in [0, 0.05) is 0 Å². The molecule has 17 heavy (non-hydrogen) atoms. The molecule has 2 rings (SSSR count). The fraction of sp³-hybridized carbons (Fsp3) is 0.417. The van der Waals surface area contributed by atoms with Crippen molar-refractivity contribution in [1.82, 2.24) is 0 Å². The van der Waals surface area contributed by atoms with Gasteiger partial charge in [0.15, 0.2) is 9.84 Å². The molecule has 0 saturated heterocycles. The Kier molecular flexibility index (Phi) is 2.73. The van der Waals surface area contributed by atoms with Crippen molar-refractivity contribution in [3.8, 4) is 0 Å². The number of rotatable bonds is 1. The number of hydrogen-bond donors (Lipinski definition) is 1. The highest BCUT2D eigenvalue weighted by Gasteiger charge is 2.28. The van der Waals surface area contributed by atoms with Crippen LogP contribution in [0.25, 0.3) is 0 Å². The van der Waals surface area contributed by atoms with Crippen LogP contribution < -0.4 is 0 Å². The molecule has 0 amide bonds. The van der Waals surface area contributed by atoms with Crippen LogP contribution in [0.5, 0.6) is 0 Å². The highest BCUT2D eigenvalue weighted by Crippen LogP contribution is 2.32. The third kappa shape index (κ3) is 1.84. The zero-order valence-electron chi connectivity index (χ0n) is 9.78. The van der Waals surface area contributed by atoms with Crippen LogP contribution >= 0.6 is 0 Å². The maximum Gasteiger partial charge on any atom is 0.335 e. The molecule has 1 aliphatic heterocycles. The molecular weight excluding hydrogens is 240 g/mol. The number of benzene rings is 1. The highest BCUT2D eigenvalue weighted by atomic mass is 32.2. The van der Waals surface area contributed by atoms with Gasteiger partial charge >= 0.3 is 5.97 Å². The van der Waals surface area contributed by atoms with Gasteiger partial charge in [0.2, 0.25) is 0 Å². The second kappa shape index (κ2) is 3.84.